The summed E-state index contributed by atoms with van der Waals surface area (Å²) in [6, 6.07) is 7.46. The number of phenolic OH excluding ortho intramolecular Hbond substituents is 1. The van der Waals surface area contributed by atoms with E-state index in [0.717, 1.165) is 29.9 Å². The van der Waals surface area contributed by atoms with E-state index >= 15 is 0 Å². The zero-order valence-electron chi connectivity index (χ0n) is 12.0. The normalized spacial score (nSPS) is 38.7. The molecule has 106 valence electrons. The smallest absolute Gasteiger partial charge is 0.124 e. The minimum atomic E-state index is 0.335. The van der Waals surface area contributed by atoms with E-state index < -0.39 is 0 Å². The van der Waals surface area contributed by atoms with Gasteiger partial charge in [0, 0.05) is 18.3 Å². The lowest BCUT2D eigenvalue weighted by Gasteiger charge is -2.56. The average molecular weight is 269 g/mol. The molecule has 0 atom stereocenters. The highest BCUT2D eigenvalue weighted by molar-refractivity contribution is 5.83. The van der Waals surface area contributed by atoms with Gasteiger partial charge in [0.2, 0.25) is 0 Å². The fraction of sp³-hybridized carbons (Fsp3) is 0.611. The molecule has 5 rings (SSSR count). The summed E-state index contributed by atoms with van der Waals surface area (Å²) in [4.78, 5) is 4.71. The van der Waals surface area contributed by atoms with Crippen LogP contribution in [-0.4, -0.2) is 17.9 Å². The van der Waals surface area contributed by atoms with Gasteiger partial charge in [-0.2, -0.15) is 0 Å². The molecule has 2 heteroatoms. The molecule has 4 aliphatic rings. The quantitative estimate of drug-likeness (QED) is 0.826. The van der Waals surface area contributed by atoms with Crippen molar-refractivity contribution in [1.82, 2.24) is 0 Å². The predicted molar refractivity (Wildman–Crippen MR) is 81.2 cm³/mol. The molecule has 0 unspecified atom stereocenters. The largest absolute Gasteiger partial charge is 0.507 e. The van der Waals surface area contributed by atoms with Crippen LogP contribution in [0, 0.1) is 23.2 Å². The van der Waals surface area contributed by atoms with Gasteiger partial charge in [-0.15, -0.1) is 0 Å². The molecule has 0 aromatic heterocycles. The maximum atomic E-state index is 9.78. The van der Waals surface area contributed by atoms with Crippen molar-refractivity contribution in [2.45, 2.75) is 38.5 Å². The van der Waals surface area contributed by atoms with Gasteiger partial charge in [0.1, 0.15) is 5.75 Å². The van der Waals surface area contributed by atoms with Crippen LogP contribution in [0.5, 0.6) is 5.75 Å². The Morgan fingerprint density at radius 1 is 1.05 bits per heavy atom. The molecule has 4 bridgehead atoms. The minimum absolute atomic E-state index is 0.335. The predicted octanol–water partition coefficient (Wildman–Crippen LogP) is 4.03. The van der Waals surface area contributed by atoms with Crippen LogP contribution in [0.2, 0.25) is 0 Å². The third-order valence-corrected chi connectivity index (χ3v) is 5.76. The maximum absolute atomic E-state index is 9.78. The van der Waals surface area contributed by atoms with Gasteiger partial charge in [0.15, 0.2) is 0 Å². The summed E-state index contributed by atoms with van der Waals surface area (Å²) < 4.78 is 0. The molecule has 0 radical (unpaired) electrons. The molecular formula is C18H23NO. The number of phenols is 1. The van der Waals surface area contributed by atoms with Crippen molar-refractivity contribution in [1.29, 1.82) is 0 Å². The van der Waals surface area contributed by atoms with Crippen molar-refractivity contribution in [3.63, 3.8) is 0 Å². The van der Waals surface area contributed by atoms with Gasteiger partial charge in [-0.1, -0.05) is 12.1 Å². The fourth-order valence-corrected chi connectivity index (χ4v) is 5.42. The molecule has 1 aromatic rings. The van der Waals surface area contributed by atoms with Crippen molar-refractivity contribution in [3.8, 4) is 5.75 Å². The van der Waals surface area contributed by atoms with Crippen LogP contribution < -0.4 is 0 Å². The second kappa shape index (κ2) is 4.61. The molecule has 20 heavy (non-hydrogen) atoms. The first-order valence-corrected chi connectivity index (χ1v) is 8.00. The Morgan fingerprint density at radius 3 is 2.25 bits per heavy atom. The summed E-state index contributed by atoms with van der Waals surface area (Å²) in [6.45, 7) is 0.963. The number of hydrogen-bond acceptors (Lipinski definition) is 2. The lowest BCUT2D eigenvalue weighted by molar-refractivity contribution is -0.0464. The SMILES string of the molecule is Oc1ccccc1C=NCC12CC3CC(CC(C3)C1)C2. The summed E-state index contributed by atoms with van der Waals surface area (Å²) >= 11 is 0. The van der Waals surface area contributed by atoms with Gasteiger partial charge in [0.05, 0.1) is 0 Å². The van der Waals surface area contributed by atoms with Crippen LogP contribution in [0.3, 0.4) is 0 Å². The molecule has 0 amide bonds. The third-order valence-electron chi connectivity index (χ3n) is 5.76. The fourth-order valence-electron chi connectivity index (χ4n) is 5.42. The lowest BCUT2D eigenvalue weighted by atomic mass is 9.49. The Hall–Kier alpha value is -1.31. The van der Waals surface area contributed by atoms with Crippen LogP contribution in [-0.2, 0) is 0 Å². The highest BCUT2D eigenvalue weighted by Crippen LogP contribution is 2.60. The highest BCUT2D eigenvalue weighted by Gasteiger charge is 2.50. The van der Waals surface area contributed by atoms with Crippen LogP contribution in [0.1, 0.15) is 44.1 Å². The van der Waals surface area contributed by atoms with Crippen molar-refractivity contribution >= 4 is 6.21 Å². The zero-order valence-corrected chi connectivity index (χ0v) is 12.0. The van der Waals surface area contributed by atoms with Gasteiger partial charge in [-0.3, -0.25) is 4.99 Å². The topological polar surface area (TPSA) is 32.6 Å². The summed E-state index contributed by atoms with van der Waals surface area (Å²) in [7, 11) is 0. The zero-order chi connectivity index (χ0) is 13.6. The van der Waals surface area contributed by atoms with Crippen LogP contribution in [0.15, 0.2) is 29.3 Å². The highest BCUT2D eigenvalue weighted by atomic mass is 16.3. The number of para-hydroxylation sites is 1. The molecule has 2 nitrogen and oxygen atoms in total. The standard InChI is InChI=1S/C18H23NO/c20-17-4-2-1-3-16(17)11-19-12-18-8-13-5-14(9-18)7-15(6-13)10-18/h1-4,11,13-15,20H,5-10,12H2. The van der Waals surface area contributed by atoms with Crippen LogP contribution in [0.4, 0.5) is 0 Å². The number of aliphatic imine (C=N–C) groups is 1. The summed E-state index contributed by atoms with van der Waals surface area (Å²) in [5.41, 5.74) is 1.34. The molecule has 0 heterocycles. The van der Waals surface area contributed by atoms with E-state index in [4.69, 9.17) is 4.99 Å². The Bertz CT molecular complexity index is 499. The lowest BCUT2D eigenvalue weighted by Crippen LogP contribution is -2.47. The maximum Gasteiger partial charge on any atom is 0.124 e. The number of hydrogen-bond donors (Lipinski definition) is 1. The minimum Gasteiger partial charge on any atom is -0.507 e. The molecule has 0 aliphatic heterocycles. The average Bonchev–Trinajstić information content (AvgIpc) is 2.39. The van der Waals surface area contributed by atoms with E-state index in [9.17, 15) is 5.11 Å². The number of benzene rings is 1. The van der Waals surface area contributed by atoms with Gasteiger partial charge in [-0.25, -0.2) is 0 Å². The molecule has 0 saturated heterocycles. The van der Waals surface area contributed by atoms with Crippen molar-refractivity contribution in [2.24, 2.45) is 28.2 Å². The number of aromatic hydroxyl groups is 1. The van der Waals surface area contributed by atoms with E-state index in [2.05, 4.69) is 0 Å². The summed E-state index contributed by atoms with van der Waals surface area (Å²) in [5.74, 6) is 3.30. The van der Waals surface area contributed by atoms with Crippen molar-refractivity contribution in [2.75, 3.05) is 6.54 Å². The van der Waals surface area contributed by atoms with Crippen molar-refractivity contribution < 1.29 is 5.11 Å². The number of rotatable bonds is 3. The van der Waals surface area contributed by atoms with E-state index in [1.165, 1.54) is 38.5 Å². The van der Waals surface area contributed by atoms with Gasteiger partial charge in [0.25, 0.3) is 0 Å². The van der Waals surface area contributed by atoms with E-state index in [-0.39, 0.29) is 0 Å². The summed E-state index contributed by atoms with van der Waals surface area (Å²) in [5, 5.41) is 9.78. The third kappa shape index (κ3) is 2.15. The van der Waals surface area contributed by atoms with Crippen LogP contribution in [0.25, 0.3) is 0 Å². The van der Waals surface area contributed by atoms with Crippen LogP contribution >= 0.6 is 0 Å². The van der Waals surface area contributed by atoms with Gasteiger partial charge >= 0.3 is 0 Å². The van der Waals surface area contributed by atoms with E-state index in [0.29, 0.717) is 11.2 Å². The molecule has 1 aromatic carbocycles. The first kappa shape index (κ1) is 12.4. The van der Waals surface area contributed by atoms with E-state index in [1.807, 2.05) is 24.4 Å². The molecule has 4 fully saturated rings. The second-order valence-electron chi connectivity index (χ2n) is 7.45. The Kier molecular flexibility index (Phi) is 2.87. The molecular weight excluding hydrogens is 246 g/mol. The molecule has 4 aliphatic carbocycles. The second-order valence-corrected chi connectivity index (χ2v) is 7.45. The molecule has 4 saturated carbocycles. The van der Waals surface area contributed by atoms with Crippen molar-refractivity contribution in [3.05, 3.63) is 29.8 Å². The Labute approximate surface area is 120 Å². The Morgan fingerprint density at radius 2 is 1.65 bits per heavy atom. The van der Waals surface area contributed by atoms with Gasteiger partial charge < -0.3 is 5.11 Å². The first-order chi connectivity index (χ1) is 9.72. The monoisotopic (exact) mass is 269 g/mol. The summed E-state index contributed by atoms with van der Waals surface area (Å²) in [6.07, 6.45) is 10.5. The Balaban J connectivity index is 1.48. The van der Waals surface area contributed by atoms with E-state index in [1.54, 1.807) is 6.07 Å². The van der Waals surface area contributed by atoms with Gasteiger partial charge in [-0.05, 0) is 73.8 Å². The number of nitrogens with zero attached hydrogens (tertiary/aromatic N) is 1. The first-order valence-electron chi connectivity index (χ1n) is 8.00. The molecule has 1 N–H and O–H groups in total. The molecule has 0 spiro atoms.